The van der Waals surface area contributed by atoms with E-state index in [9.17, 15) is 14.4 Å². The number of carbonyl (C=O) groups excluding carboxylic acids is 1. The van der Waals surface area contributed by atoms with Gasteiger partial charge in [-0.25, -0.2) is 9.36 Å². The van der Waals surface area contributed by atoms with Gasteiger partial charge in [0.1, 0.15) is 18.9 Å². The number of hydrogen-bond acceptors (Lipinski definition) is 7. The zero-order valence-corrected chi connectivity index (χ0v) is 20.4. The number of carbonyl (C=O) groups is 1. The predicted molar refractivity (Wildman–Crippen MR) is 135 cm³/mol. The smallest absolute Gasteiger partial charge is 0.333 e. The number of hydrogen-bond donors (Lipinski definition) is 0. The summed E-state index contributed by atoms with van der Waals surface area (Å²) in [5, 5.41) is 0. The van der Waals surface area contributed by atoms with Crippen molar-refractivity contribution in [3.63, 3.8) is 0 Å². The molecule has 0 fully saturated rings. The van der Waals surface area contributed by atoms with Crippen LogP contribution in [0.15, 0.2) is 64.2 Å². The second-order valence-corrected chi connectivity index (χ2v) is 8.99. The highest BCUT2D eigenvalue weighted by Crippen LogP contribution is 2.33. The quantitative estimate of drug-likeness (QED) is 0.384. The van der Waals surface area contributed by atoms with E-state index in [1.54, 1.807) is 14.2 Å². The van der Waals surface area contributed by atoms with Gasteiger partial charge in [0.15, 0.2) is 11.2 Å². The molecule has 0 saturated carbocycles. The minimum Gasteiger partial charge on any atom is -0.497 e. The fourth-order valence-electron chi connectivity index (χ4n) is 4.54. The second-order valence-electron chi connectivity index (χ2n) is 8.99. The lowest BCUT2D eigenvalue weighted by Crippen LogP contribution is -2.42. The van der Waals surface area contributed by atoms with Gasteiger partial charge in [-0.3, -0.25) is 14.2 Å². The molecule has 1 unspecified atom stereocenters. The molecule has 0 radical (unpaired) electrons. The van der Waals surface area contributed by atoms with Crippen molar-refractivity contribution in [2.45, 2.75) is 26.6 Å². The number of imidazole rings is 1. The van der Waals surface area contributed by atoms with Crippen LogP contribution in [0, 0.1) is 5.92 Å². The van der Waals surface area contributed by atoms with Crippen LogP contribution in [0.4, 0.5) is 11.6 Å². The molecule has 0 aliphatic carbocycles. The Morgan fingerprint density at radius 2 is 1.78 bits per heavy atom. The number of anilines is 2. The number of esters is 1. The summed E-state index contributed by atoms with van der Waals surface area (Å²) in [5.74, 6) is 0.855. The number of nitrogens with zero attached hydrogens (tertiary/aromatic N) is 5. The van der Waals surface area contributed by atoms with Crippen molar-refractivity contribution in [2.75, 3.05) is 18.6 Å². The highest BCUT2D eigenvalue weighted by Gasteiger charge is 2.30. The fourth-order valence-corrected chi connectivity index (χ4v) is 4.54. The third-order valence-electron chi connectivity index (χ3n) is 6.36. The zero-order chi connectivity index (χ0) is 25.4. The molecule has 1 aliphatic rings. The second kappa shape index (κ2) is 9.37. The van der Waals surface area contributed by atoms with E-state index in [1.165, 1.54) is 4.57 Å². The largest absolute Gasteiger partial charge is 0.497 e. The first-order valence-corrected chi connectivity index (χ1v) is 11.7. The zero-order valence-electron chi connectivity index (χ0n) is 20.4. The summed E-state index contributed by atoms with van der Waals surface area (Å²) in [6.07, 6.45) is 0. The van der Waals surface area contributed by atoms with Gasteiger partial charge >= 0.3 is 11.7 Å². The van der Waals surface area contributed by atoms with Crippen molar-refractivity contribution in [1.82, 2.24) is 18.7 Å². The van der Waals surface area contributed by atoms with Crippen LogP contribution < -0.4 is 20.9 Å². The molecule has 2 aromatic heterocycles. The molecule has 0 amide bonds. The number of aryl methyl sites for hydroxylation is 1. The Morgan fingerprint density at radius 1 is 1.06 bits per heavy atom. The van der Waals surface area contributed by atoms with E-state index in [2.05, 4.69) is 6.92 Å². The first-order chi connectivity index (χ1) is 17.4. The molecule has 36 heavy (non-hydrogen) atoms. The Labute approximate surface area is 206 Å². The van der Waals surface area contributed by atoms with Crippen LogP contribution in [-0.4, -0.2) is 38.3 Å². The standard InChI is InChI=1S/C26H27N5O5/c1-17-13-29(19-9-11-20(35-3)12-10-19)25-27-23-22(30(25)14-17)24(33)31(26(34)28(23)2)15-21(32)36-16-18-7-5-4-6-8-18/h4-12,17H,13-16H2,1-3H3. The van der Waals surface area contributed by atoms with Crippen molar-refractivity contribution in [1.29, 1.82) is 0 Å². The average molecular weight is 490 g/mol. The van der Waals surface area contributed by atoms with Crippen LogP contribution in [0.5, 0.6) is 5.75 Å². The summed E-state index contributed by atoms with van der Waals surface area (Å²) < 4.78 is 14.6. The van der Waals surface area contributed by atoms with E-state index >= 15 is 0 Å². The van der Waals surface area contributed by atoms with E-state index in [4.69, 9.17) is 14.5 Å². The van der Waals surface area contributed by atoms with Crippen LogP contribution in [0.2, 0.25) is 0 Å². The molecule has 2 aromatic carbocycles. The lowest BCUT2D eigenvalue weighted by molar-refractivity contribution is -0.145. The first-order valence-electron chi connectivity index (χ1n) is 11.7. The normalized spacial score (nSPS) is 15.1. The molecular weight excluding hydrogens is 462 g/mol. The minimum absolute atomic E-state index is 0.0629. The Bertz CT molecular complexity index is 1540. The van der Waals surface area contributed by atoms with E-state index in [0.29, 0.717) is 19.0 Å². The summed E-state index contributed by atoms with van der Waals surface area (Å²) in [4.78, 5) is 45.8. The van der Waals surface area contributed by atoms with Crippen LogP contribution in [-0.2, 0) is 36.3 Å². The molecule has 10 heteroatoms. The van der Waals surface area contributed by atoms with Crippen molar-refractivity contribution < 1.29 is 14.3 Å². The molecule has 1 atom stereocenters. The molecule has 0 N–H and O–H groups in total. The number of methoxy groups -OCH3 is 1. The molecule has 10 nitrogen and oxygen atoms in total. The lowest BCUT2D eigenvalue weighted by Gasteiger charge is -2.33. The van der Waals surface area contributed by atoms with Gasteiger partial charge in [-0.05, 0) is 35.7 Å². The third kappa shape index (κ3) is 4.15. The van der Waals surface area contributed by atoms with Crippen molar-refractivity contribution in [3.8, 4) is 5.75 Å². The highest BCUT2D eigenvalue weighted by atomic mass is 16.5. The molecule has 186 valence electrons. The van der Waals surface area contributed by atoms with Crippen LogP contribution in [0.3, 0.4) is 0 Å². The number of aromatic nitrogens is 4. The highest BCUT2D eigenvalue weighted by molar-refractivity contribution is 5.77. The Balaban J connectivity index is 1.53. The number of ether oxygens (including phenoxy) is 2. The number of benzene rings is 2. The molecule has 0 saturated heterocycles. The van der Waals surface area contributed by atoms with Crippen molar-refractivity contribution in [3.05, 3.63) is 81.0 Å². The number of rotatable bonds is 6. The van der Waals surface area contributed by atoms with Gasteiger partial charge in [-0.2, -0.15) is 4.98 Å². The summed E-state index contributed by atoms with van der Waals surface area (Å²) >= 11 is 0. The Hall–Kier alpha value is -4.34. The van der Waals surface area contributed by atoms with Gasteiger partial charge in [-0.1, -0.05) is 37.3 Å². The minimum atomic E-state index is -0.663. The fraction of sp³-hybridized carbons (Fsp3) is 0.308. The van der Waals surface area contributed by atoms with E-state index < -0.39 is 23.8 Å². The van der Waals surface area contributed by atoms with Crippen molar-refractivity contribution >= 4 is 28.8 Å². The molecule has 3 heterocycles. The first kappa shape index (κ1) is 23.4. The molecular formula is C26H27N5O5. The lowest BCUT2D eigenvalue weighted by atomic mass is 10.1. The molecule has 0 bridgehead atoms. The summed E-state index contributed by atoms with van der Waals surface area (Å²) in [7, 11) is 3.16. The SMILES string of the molecule is COc1ccc(N2CC(C)Cn3c2nc2c3c(=O)n(CC(=O)OCc3ccccc3)c(=O)n2C)cc1. The molecule has 4 aromatic rings. The average Bonchev–Trinajstić information content (AvgIpc) is 3.28. The van der Waals surface area contributed by atoms with Gasteiger partial charge in [0.25, 0.3) is 5.56 Å². The van der Waals surface area contributed by atoms with E-state index in [0.717, 1.165) is 21.6 Å². The molecule has 5 rings (SSSR count). The van der Waals surface area contributed by atoms with Crippen LogP contribution >= 0.6 is 0 Å². The summed E-state index contributed by atoms with van der Waals surface area (Å²) in [6, 6.07) is 16.8. The molecule has 0 spiro atoms. The van der Waals surface area contributed by atoms with Gasteiger partial charge in [0, 0.05) is 25.8 Å². The van der Waals surface area contributed by atoms with Crippen LogP contribution in [0.1, 0.15) is 12.5 Å². The maximum absolute atomic E-state index is 13.5. The molecule has 1 aliphatic heterocycles. The van der Waals surface area contributed by atoms with Gasteiger partial charge in [-0.15, -0.1) is 0 Å². The Kier molecular flexibility index (Phi) is 6.09. The predicted octanol–water partition coefficient (Wildman–Crippen LogP) is 2.44. The topological polar surface area (TPSA) is 101 Å². The summed E-state index contributed by atoms with van der Waals surface area (Å²) in [5.41, 5.74) is 1.10. The maximum atomic E-state index is 13.5. The maximum Gasteiger partial charge on any atom is 0.333 e. The van der Waals surface area contributed by atoms with Gasteiger partial charge < -0.3 is 18.9 Å². The van der Waals surface area contributed by atoms with Gasteiger partial charge in [0.05, 0.1) is 7.11 Å². The van der Waals surface area contributed by atoms with E-state index in [-0.39, 0.29) is 23.7 Å². The van der Waals surface area contributed by atoms with Gasteiger partial charge in [0.2, 0.25) is 5.95 Å². The third-order valence-corrected chi connectivity index (χ3v) is 6.36. The van der Waals surface area contributed by atoms with Crippen molar-refractivity contribution in [2.24, 2.45) is 13.0 Å². The summed E-state index contributed by atoms with van der Waals surface area (Å²) in [6.45, 7) is 2.93. The van der Waals surface area contributed by atoms with Crippen LogP contribution in [0.25, 0.3) is 11.2 Å². The van der Waals surface area contributed by atoms with E-state index in [1.807, 2.05) is 64.1 Å². The monoisotopic (exact) mass is 489 g/mol. The number of fused-ring (bicyclic) bond motifs is 3. The Morgan fingerprint density at radius 3 is 2.47 bits per heavy atom.